The SMILES string of the molecule is [CH-]=C/C=C\[CH-]c1ncc(OCC)c(SC)n1.[K+]. The Kier molecular flexibility index (Phi) is 10.3. The van der Waals surface area contributed by atoms with Crippen LogP contribution in [0.4, 0.5) is 0 Å². The molecule has 1 aromatic rings. The molecule has 1 heterocycles. The van der Waals surface area contributed by atoms with Gasteiger partial charge in [0.05, 0.1) is 18.6 Å². The second-order valence-corrected chi connectivity index (χ2v) is 3.57. The van der Waals surface area contributed by atoms with Crippen molar-refractivity contribution in [2.24, 2.45) is 0 Å². The van der Waals surface area contributed by atoms with Crippen LogP contribution >= 0.6 is 11.8 Å². The number of thioether (sulfide) groups is 1. The van der Waals surface area contributed by atoms with E-state index in [4.69, 9.17) is 11.3 Å². The Morgan fingerprint density at radius 2 is 2.35 bits per heavy atom. The number of aromatic nitrogens is 2. The van der Waals surface area contributed by atoms with Gasteiger partial charge in [0, 0.05) is 0 Å². The maximum absolute atomic E-state index is 5.40. The number of rotatable bonds is 6. The topological polar surface area (TPSA) is 35.0 Å². The second-order valence-electron chi connectivity index (χ2n) is 2.78. The molecule has 5 heteroatoms. The van der Waals surface area contributed by atoms with E-state index in [1.807, 2.05) is 13.2 Å². The summed E-state index contributed by atoms with van der Waals surface area (Å²) in [5.74, 6) is 1.37. The normalized spacial score (nSPS) is 9.76. The first-order valence-electron chi connectivity index (χ1n) is 4.90. The van der Waals surface area contributed by atoms with Crippen LogP contribution in [0.5, 0.6) is 5.75 Å². The second kappa shape index (κ2) is 10.2. The average molecular weight is 273 g/mol. The van der Waals surface area contributed by atoms with Crippen LogP contribution in [0.3, 0.4) is 0 Å². The van der Waals surface area contributed by atoms with Crippen molar-refractivity contribution in [2.45, 2.75) is 11.9 Å². The molecular weight excluding hydrogens is 259 g/mol. The van der Waals surface area contributed by atoms with Crippen molar-refractivity contribution in [2.75, 3.05) is 12.9 Å². The van der Waals surface area contributed by atoms with Crippen molar-refractivity contribution >= 4 is 11.8 Å². The first kappa shape index (κ1) is 17.2. The molecule has 0 aromatic carbocycles. The molecule has 0 aliphatic carbocycles. The third-order valence-electron chi connectivity index (χ3n) is 1.70. The Labute approximate surface area is 150 Å². The molecule has 0 bridgehead atoms. The summed E-state index contributed by atoms with van der Waals surface area (Å²) in [7, 11) is 0. The van der Waals surface area contributed by atoms with Crippen molar-refractivity contribution in [3.8, 4) is 5.75 Å². The summed E-state index contributed by atoms with van der Waals surface area (Å²) in [6.07, 6.45) is 10.4. The molecule has 0 atom stereocenters. The Morgan fingerprint density at radius 3 is 2.94 bits per heavy atom. The van der Waals surface area contributed by atoms with Gasteiger partial charge < -0.3 is 4.74 Å². The van der Waals surface area contributed by atoms with E-state index in [-0.39, 0.29) is 51.4 Å². The van der Waals surface area contributed by atoms with E-state index in [1.54, 1.807) is 24.8 Å². The van der Waals surface area contributed by atoms with Crippen LogP contribution in [-0.4, -0.2) is 22.8 Å². The third-order valence-corrected chi connectivity index (χ3v) is 2.38. The maximum atomic E-state index is 5.40. The molecule has 1 rings (SSSR count). The smallest absolute Gasteiger partial charge is 0.489 e. The summed E-state index contributed by atoms with van der Waals surface area (Å²) in [6, 6.07) is 0. The van der Waals surface area contributed by atoms with Gasteiger partial charge in [-0.25, -0.2) is 23.2 Å². The summed E-state index contributed by atoms with van der Waals surface area (Å²) < 4.78 is 5.40. The van der Waals surface area contributed by atoms with Crippen molar-refractivity contribution in [3.63, 3.8) is 0 Å². The molecule has 0 N–H and O–H groups in total. The van der Waals surface area contributed by atoms with E-state index in [1.165, 1.54) is 17.8 Å². The summed E-state index contributed by atoms with van der Waals surface area (Å²) >= 11 is 1.54. The van der Waals surface area contributed by atoms with Crippen LogP contribution in [0.15, 0.2) is 29.5 Å². The first-order chi connectivity index (χ1) is 7.81. The molecule has 0 radical (unpaired) electrons. The van der Waals surface area contributed by atoms with Crippen molar-refractivity contribution in [1.82, 2.24) is 9.97 Å². The van der Waals surface area contributed by atoms with Gasteiger partial charge in [-0.3, -0.25) is 11.6 Å². The van der Waals surface area contributed by atoms with Crippen LogP contribution in [-0.2, 0) is 0 Å². The van der Waals surface area contributed by atoms with Crippen LogP contribution in [0.1, 0.15) is 12.7 Å². The zero-order valence-electron chi connectivity index (χ0n) is 10.4. The van der Waals surface area contributed by atoms with Crippen LogP contribution < -0.4 is 56.1 Å². The Morgan fingerprint density at radius 1 is 1.59 bits per heavy atom. The predicted molar refractivity (Wildman–Crippen MR) is 66.4 cm³/mol. The zero-order valence-corrected chi connectivity index (χ0v) is 14.3. The van der Waals surface area contributed by atoms with E-state index in [0.29, 0.717) is 12.4 Å². The molecule has 0 fully saturated rings. The molecule has 0 aliphatic rings. The predicted octanol–water partition coefficient (Wildman–Crippen LogP) is -0.301. The Bertz CT molecular complexity index is 383. The third kappa shape index (κ3) is 6.08. The summed E-state index contributed by atoms with van der Waals surface area (Å²) in [5.41, 5.74) is 0. The van der Waals surface area contributed by atoms with Crippen molar-refractivity contribution in [1.29, 1.82) is 0 Å². The van der Waals surface area contributed by atoms with Gasteiger partial charge in [-0.2, -0.15) is 6.42 Å². The quantitative estimate of drug-likeness (QED) is 0.234. The molecular formula is C12H14KN2OS-. The monoisotopic (exact) mass is 273 g/mol. The summed E-state index contributed by atoms with van der Waals surface area (Å²) in [6.45, 7) is 7.76. The van der Waals surface area contributed by atoms with Gasteiger partial charge in [0.2, 0.25) is 0 Å². The number of allylic oxidation sites excluding steroid dienone is 3. The van der Waals surface area contributed by atoms with Gasteiger partial charge in [-0.15, -0.1) is 11.8 Å². The van der Waals surface area contributed by atoms with Crippen molar-refractivity contribution < 1.29 is 56.1 Å². The maximum Gasteiger partial charge on any atom is 1.00 e. The van der Waals surface area contributed by atoms with Crippen LogP contribution in [0.2, 0.25) is 0 Å². The molecule has 0 aliphatic heterocycles. The Hall–Kier alpha value is 0.216. The Balaban J connectivity index is 0.00000256. The van der Waals surface area contributed by atoms with Crippen LogP contribution in [0.25, 0.3) is 0 Å². The number of ether oxygens (including phenoxy) is 1. The fourth-order valence-corrected chi connectivity index (χ4v) is 1.55. The molecule has 0 unspecified atom stereocenters. The molecule has 0 saturated carbocycles. The fourth-order valence-electron chi connectivity index (χ4n) is 1.05. The molecule has 1 aromatic heterocycles. The summed E-state index contributed by atoms with van der Waals surface area (Å²) in [5, 5.41) is 0.841. The zero-order chi connectivity index (χ0) is 11.8. The molecule has 0 amide bonds. The van der Waals surface area contributed by atoms with Crippen molar-refractivity contribution in [3.05, 3.63) is 43.2 Å². The molecule has 3 nitrogen and oxygen atoms in total. The van der Waals surface area contributed by atoms with Crippen LogP contribution in [0, 0.1) is 13.0 Å². The number of hydrogen-bond acceptors (Lipinski definition) is 4. The van der Waals surface area contributed by atoms with E-state index in [2.05, 4.69) is 9.97 Å². The van der Waals surface area contributed by atoms with Gasteiger partial charge in [0.25, 0.3) is 0 Å². The van der Waals surface area contributed by atoms with Gasteiger partial charge >= 0.3 is 51.4 Å². The van der Waals surface area contributed by atoms with E-state index in [0.717, 1.165) is 10.8 Å². The number of nitrogens with zero attached hydrogens (tertiary/aromatic N) is 2. The fraction of sp³-hybridized carbons (Fsp3) is 0.250. The van der Waals surface area contributed by atoms with E-state index < -0.39 is 0 Å². The van der Waals surface area contributed by atoms with E-state index in [9.17, 15) is 0 Å². The molecule has 17 heavy (non-hydrogen) atoms. The van der Waals surface area contributed by atoms with Gasteiger partial charge in [0.1, 0.15) is 5.03 Å². The minimum atomic E-state index is 0. The first-order valence-corrected chi connectivity index (χ1v) is 6.13. The minimum absolute atomic E-state index is 0. The number of hydrogen-bond donors (Lipinski definition) is 0. The summed E-state index contributed by atoms with van der Waals surface area (Å²) in [4.78, 5) is 8.51. The van der Waals surface area contributed by atoms with Gasteiger partial charge in [0.15, 0.2) is 5.75 Å². The van der Waals surface area contributed by atoms with Gasteiger partial charge in [-0.1, -0.05) is 0 Å². The average Bonchev–Trinajstić information content (AvgIpc) is 2.31. The molecule has 86 valence electrons. The van der Waals surface area contributed by atoms with Gasteiger partial charge in [-0.05, 0) is 13.2 Å². The molecule has 0 saturated heterocycles. The largest absolute Gasteiger partial charge is 1.00 e. The molecule has 0 spiro atoms. The van der Waals surface area contributed by atoms with E-state index >= 15 is 0 Å². The standard InChI is InChI=1S/C12H14N2OS.K/c1-4-6-7-8-11-13-9-10(15-5-2)12(14-11)16-3;/h1,4,6-9H,5H2,2-3H3;/q-2;+1/b7-6-;. The minimum Gasteiger partial charge on any atom is -0.489 e.